The summed E-state index contributed by atoms with van der Waals surface area (Å²) < 4.78 is 26.6. The van der Waals surface area contributed by atoms with E-state index in [-0.39, 0.29) is 30.6 Å². The number of nitrogens with one attached hydrogen (secondary N) is 2. The Hall–Kier alpha value is -2.71. The fourth-order valence-corrected chi connectivity index (χ4v) is 3.24. The lowest BCUT2D eigenvalue weighted by molar-refractivity contribution is -0.131. The van der Waals surface area contributed by atoms with Crippen molar-refractivity contribution in [1.82, 2.24) is 10.2 Å². The molecule has 1 aliphatic heterocycles. The van der Waals surface area contributed by atoms with E-state index >= 15 is 0 Å². The number of carbonyl (C=O) groups is 2. The van der Waals surface area contributed by atoms with Crippen molar-refractivity contribution in [3.63, 3.8) is 0 Å². The molecule has 1 aliphatic carbocycles. The molecule has 0 radical (unpaired) electrons. The molecule has 9 heteroatoms. The maximum absolute atomic E-state index is 13.5. The van der Waals surface area contributed by atoms with E-state index in [0.717, 1.165) is 35.9 Å². The molecule has 3 rings (SSSR count). The van der Waals surface area contributed by atoms with Gasteiger partial charge in [-0.1, -0.05) is 12.8 Å². The van der Waals surface area contributed by atoms with Crippen molar-refractivity contribution in [1.29, 1.82) is 0 Å². The van der Waals surface area contributed by atoms with E-state index in [1.54, 1.807) is 0 Å². The summed E-state index contributed by atoms with van der Waals surface area (Å²) in [6, 6.07) is 2.49. The second kappa shape index (κ2) is 6.66. The van der Waals surface area contributed by atoms with Crippen molar-refractivity contribution in [3.05, 3.63) is 29.8 Å². The Balaban J connectivity index is 1.58. The van der Waals surface area contributed by atoms with Crippen LogP contribution in [0.3, 0.4) is 0 Å². The lowest BCUT2D eigenvalue weighted by Gasteiger charge is -2.19. The van der Waals surface area contributed by atoms with Crippen LogP contribution in [0, 0.1) is 11.6 Å². The van der Waals surface area contributed by atoms with Crippen molar-refractivity contribution in [2.24, 2.45) is 10.7 Å². The molecule has 4 N–H and O–H groups in total. The Morgan fingerprint density at radius 1 is 1.32 bits per heavy atom. The monoisotopic (exact) mass is 351 g/mol. The van der Waals surface area contributed by atoms with Crippen molar-refractivity contribution in [2.45, 2.75) is 31.2 Å². The predicted molar refractivity (Wildman–Crippen MR) is 87.9 cm³/mol. The van der Waals surface area contributed by atoms with Crippen LogP contribution in [0.2, 0.25) is 0 Å². The number of nitrogens with two attached hydrogens (primary N) is 1. The highest BCUT2D eigenvalue weighted by Crippen LogP contribution is 2.34. The summed E-state index contributed by atoms with van der Waals surface area (Å²) >= 11 is 0. The van der Waals surface area contributed by atoms with Crippen LogP contribution in [0.15, 0.2) is 23.2 Å². The molecule has 1 aromatic carbocycles. The number of nitrogens with zero attached hydrogens (tertiary/aromatic N) is 2. The normalized spacial score (nSPS) is 19.6. The highest BCUT2D eigenvalue weighted by Gasteiger charge is 2.52. The molecule has 0 aromatic heterocycles. The number of hydrogen-bond donors (Lipinski definition) is 3. The van der Waals surface area contributed by atoms with E-state index < -0.39 is 23.2 Å². The summed E-state index contributed by atoms with van der Waals surface area (Å²) in [7, 11) is 0. The summed E-state index contributed by atoms with van der Waals surface area (Å²) in [6.45, 7) is 0.130. The largest absolute Gasteiger partial charge is 0.370 e. The smallest absolute Gasteiger partial charge is 0.325 e. The van der Waals surface area contributed by atoms with Gasteiger partial charge in [-0.3, -0.25) is 14.7 Å². The van der Waals surface area contributed by atoms with Crippen LogP contribution in [0.25, 0.3) is 0 Å². The standard InChI is InChI=1S/C16H19F2N5O2/c17-10-3-4-11(18)12(9-10)21-14(19)20-7-8-23-13(24)16(22-15(23)25)5-1-2-6-16/h3-4,9H,1-2,5-8H2,(H,22,25)(H3,19,20,21). The Morgan fingerprint density at radius 2 is 2.04 bits per heavy atom. The molecular weight excluding hydrogens is 332 g/mol. The molecule has 3 amide bonds. The highest BCUT2D eigenvalue weighted by molar-refractivity contribution is 6.07. The number of amides is 3. The SMILES string of the molecule is NC(=NCCN1C(=O)NC2(CCCC2)C1=O)Nc1cc(F)ccc1F. The Morgan fingerprint density at radius 3 is 2.76 bits per heavy atom. The van der Waals surface area contributed by atoms with Crippen molar-refractivity contribution in [3.8, 4) is 0 Å². The molecule has 7 nitrogen and oxygen atoms in total. The van der Waals surface area contributed by atoms with E-state index in [4.69, 9.17) is 5.73 Å². The molecule has 0 bridgehead atoms. The number of rotatable bonds is 4. The maximum atomic E-state index is 13.5. The minimum absolute atomic E-state index is 0.0605. The fourth-order valence-electron chi connectivity index (χ4n) is 3.24. The lowest BCUT2D eigenvalue weighted by Crippen LogP contribution is -2.44. The Kier molecular flexibility index (Phi) is 4.56. The third kappa shape index (κ3) is 3.40. The van der Waals surface area contributed by atoms with Crippen LogP contribution in [0.5, 0.6) is 0 Å². The van der Waals surface area contributed by atoms with Gasteiger partial charge in [-0.2, -0.15) is 0 Å². The molecule has 1 heterocycles. The van der Waals surface area contributed by atoms with E-state index in [2.05, 4.69) is 15.6 Å². The van der Waals surface area contributed by atoms with Crippen LogP contribution in [-0.2, 0) is 4.79 Å². The predicted octanol–water partition coefficient (Wildman–Crippen LogP) is 1.56. The van der Waals surface area contributed by atoms with Gasteiger partial charge < -0.3 is 16.4 Å². The minimum Gasteiger partial charge on any atom is -0.370 e. The summed E-state index contributed by atoms with van der Waals surface area (Å²) in [5.41, 5.74) is 4.75. The molecule has 2 fully saturated rings. The highest BCUT2D eigenvalue weighted by atomic mass is 19.1. The van der Waals surface area contributed by atoms with Crippen LogP contribution < -0.4 is 16.4 Å². The van der Waals surface area contributed by atoms with Gasteiger partial charge in [0.05, 0.1) is 18.8 Å². The van der Waals surface area contributed by atoms with Gasteiger partial charge in [-0.15, -0.1) is 0 Å². The Bertz CT molecular complexity index is 731. The second-order valence-corrected chi connectivity index (χ2v) is 6.19. The number of hydrogen-bond acceptors (Lipinski definition) is 3. The van der Waals surface area contributed by atoms with Gasteiger partial charge in [0.2, 0.25) is 0 Å². The summed E-state index contributed by atoms with van der Waals surface area (Å²) in [5.74, 6) is -1.64. The topological polar surface area (TPSA) is 99.8 Å². The van der Waals surface area contributed by atoms with Gasteiger partial charge in [0.25, 0.3) is 5.91 Å². The zero-order valence-electron chi connectivity index (χ0n) is 13.5. The molecule has 25 heavy (non-hydrogen) atoms. The number of benzene rings is 1. The molecule has 0 atom stereocenters. The van der Waals surface area contributed by atoms with Crippen LogP contribution in [0.1, 0.15) is 25.7 Å². The average Bonchev–Trinajstić information content (AvgIpc) is 3.12. The van der Waals surface area contributed by atoms with Gasteiger partial charge in [-0.05, 0) is 25.0 Å². The number of aliphatic imine (C=N–C) groups is 1. The fraction of sp³-hybridized carbons (Fsp3) is 0.438. The third-order valence-corrected chi connectivity index (χ3v) is 4.50. The number of imide groups is 1. The first-order valence-electron chi connectivity index (χ1n) is 8.07. The second-order valence-electron chi connectivity index (χ2n) is 6.19. The maximum Gasteiger partial charge on any atom is 0.325 e. The Labute approximate surface area is 143 Å². The molecule has 0 unspecified atom stereocenters. The minimum atomic E-state index is -0.755. The number of urea groups is 1. The summed E-state index contributed by atoms with van der Waals surface area (Å²) in [6.07, 6.45) is 3.13. The van der Waals surface area contributed by atoms with Crippen molar-refractivity contribution >= 4 is 23.6 Å². The zero-order valence-corrected chi connectivity index (χ0v) is 13.5. The van der Waals surface area contributed by atoms with Gasteiger partial charge in [0.15, 0.2) is 5.96 Å². The van der Waals surface area contributed by atoms with Crippen LogP contribution >= 0.6 is 0 Å². The molecular formula is C16H19F2N5O2. The zero-order chi connectivity index (χ0) is 18.0. The average molecular weight is 351 g/mol. The summed E-state index contributed by atoms with van der Waals surface area (Å²) in [5, 5.41) is 5.23. The lowest BCUT2D eigenvalue weighted by atomic mass is 9.98. The molecule has 1 saturated heterocycles. The molecule has 2 aliphatic rings. The molecule has 1 aromatic rings. The van der Waals surface area contributed by atoms with E-state index in [9.17, 15) is 18.4 Å². The summed E-state index contributed by atoms with van der Waals surface area (Å²) in [4.78, 5) is 29.5. The van der Waals surface area contributed by atoms with E-state index in [1.165, 1.54) is 0 Å². The number of guanidine groups is 1. The first kappa shape index (κ1) is 17.1. The van der Waals surface area contributed by atoms with Gasteiger partial charge in [-0.25, -0.2) is 13.6 Å². The number of carbonyl (C=O) groups excluding carboxylic acids is 2. The van der Waals surface area contributed by atoms with E-state index in [0.29, 0.717) is 12.8 Å². The molecule has 1 spiro atoms. The number of halogens is 2. The van der Waals surface area contributed by atoms with Gasteiger partial charge >= 0.3 is 6.03 Å². The van der Waals surface area contributed by atoms with Gasteiger partial charge in [0, 0.05) is 6.07 Å². The first-order valence-corrected chi connectivity index (χ1v) is 8.07. The number of anilines is 1. The third-order valence-electron chi connectivity index (χ3n) is 4.50. The molecule has 134 valence electrons. The van der Waals surface area contributed by atoms with Crippen molar-refractivity contribution in [2.75, 3.05) is 18.4 Å². The quantitative estimate of drug-likeness (QED) is 0.435. The van der Waals surface area contributed by atoms with Gasteiger partial charge in [0.1, 0.15) is 17.2 Å². The van der Waals surface area contributed by atoms with Crippen molar-refractivity contribution < 1.29 is 18.4 Å². The molecule has 1 saturated carbocycles. The van der Waals surface area contributed by atoms with Crippen LogP contribution in [0.4, 0.5) is 19.3 Å². The van der Waals surface area contributed by atoms with Crippen LogP contribution in [-0.4, -0.2) is 41.4 Å². The first-order chi connectivity index (χ1) is 11.9. The van der Waals surface area contributed by atoms with E-state index in [1.807, 2.05) is 0 Å².